The molecule has 0 bridgehead atoms. The number of sulfone groups is 1. The smallest absolute Gasteiger partial charge is 0.339 e. The molecular weight excluding hydrogens is 583 g/mol. The number of hydrogen-bond donors (Lipinski definition) is 0. The van der Waals surface area contributed by atoms with Crippen LogP contribution in [0.15, 0.2) is 117 Å². The van der Waals surface area contributed by atoms with E-state index in [1.54, 1.807) is 0 Å². The van der Waals surface area contributed by atoms with Gasteiger partial charge in [0.15, 0.2) is 0 Å². The number of benzene rings is 4. The molecule has 8 nitrogen and oxygen atoms in total. The molecule has 0 heterocycles. The van der Waals surface area contributed by atoms with Crippen LogP contribution in [0.1, 0.15) is 0 Å². The Labute approximate surface area is 224 Å². The molecule has 37 heavy (non-hydrogen) atoms. The van der Waals surface area contributed by atoms with Crippen LogP contribution in [-0.4, -0.2) is 25.3 Å². The maximum atomic E-state index is 13.0. The van der Waals surface area contributed by atoms with Crippen molar-refractivity contribution < 1.29 is 33.6 Å². The summed E-state index contributed by atoms with van der Waals surface area (Å²) in [6.45, 7) is 0. The van der Waals surface area contributed by atoms with Crippen molar-refractivity contribution in [2.24, 2.45) is 0 Å². The summed E-state index contributed by atoms with van der Waals surface area (Å²) in [5.74, 6) is -0.185. The lowest BCUT2D eigenvalue weighted by Gasteiger charge is -2.10. The van der Waals surface area contributed by atoms with Crippen LogP contribution in [0.3, 0.4) is 0 Å². The standard InChI is InChI=1S/C24H16Cl2O8S3/c25-17-1-9-23(10-2-17)36(29,30)33-19-5-13-21(14-6-19)35(27,28)22-15-7-20(8-16-22)34-37(31,32)24-11-3-18(26)4-12-24/h1-16H. The van der Waals surface area contributed by atoms with Crippen LogP contribution in [0.5, 0.6) is 11.5 Å². The molecule has 0 aliphatic carbocycles. The molecule has 4 rings (SSSR count). The summed E-state index contributed by atoms with van der Waals surface area (Å²) in [6, 6.07) is 20.3. The fourth-order valence-corrected chi connectivity index (χ4v) is 6.41. The number of hydrogen-bond acceptors (Lipinski definition) is 8. The lowest BCUT2D eigenvalue weighted by Crippen LogP contribution is -2.10. The van der Waals surface area contributed by atoms with Crippen molar-refractivity contribution in [3.05, 3.63) is 107 Å². The van der Waals surface area contributed by atoms with Gasteiger partial charge in [-0.1, -0.05) is 23.2 Å². The largest absolute Gasteiger partial charge is 0.379 e. The Morgan fingerprint density at radius 3 is 0.973 bits per heavy atom. The lowest BCUT2D eigenvalue weighted by atomic mass is 10.3. The highest BCUT2D eigenvalue weighted by Gasteiger charge is 2.21. The van der Waals surface area contributed by atoms with Crippen molar-refractivity contribution in [3.63, 3.8) is 0 Å². The van der Waals surface area contributed by atoms with Gasteiger partial charge in [0.2, 0.25) is 9.84 Å². The maximum absolute atomic E-state index is 13.0. The Balaban J connectivity index is 1.49. The highest BCUT2D eigenvalue weighted by Crippen LogP contribution is 2.27. The van der Waals surface area contributed by atoms with Crippen LogP contribution < -0.4 is 8.37 Å². The topological polar surface area (TPSA) is 121 Å². The second-order valence-electron chi connectivity index (χ2n) is 7.43. The van der Waals surface area contributed by atoms with Gasteiger partial charge in [-0.25, -0.2) is 8.42 Å². The van der Waals surface area contributed by atoms with Gasteiger partial charge in [-0.3, -0.25) is 0 Å². The van der Waals surface area contributed by atoms with Gasteiger partial charge < -0.3 is 8.37 Å². The van der Waals surface area contributed by atoms with Crippen molar-refractivity contribution in [1.29, 1.82) is 0 Å². The molecule has 4 aromatic carbocycles. The Morgan fingerprint density at radius 2 is 0.676 bits per heavy atom. The van der Waals surface area contributed by atoms with E-state index >= 15 is 0 Å². The van der Waals surface area contributed by atoms with Crippen molar-refractivity contribution in [1.82, 2.24) is 0 Å². The van der Waals surface area contributed by atoms with Gasteiger partial charge in [0.25, 0.3) is 0 Å². The fraction of sp³-hybridized carbons (Fsp3) is 0. The molecule has 0 unspecified atom stereocenters. The van der Waals surface area contributed by atoms with Gasteiger partial charge in [0.1, 0.15) is 21.3 Å². The minimum atomic E-state index is -4.15. The summed E-state index contributed by atoms with van der Waals surface area (Å²) in [4.78, 5) is -0.500. The van der Waals surface area contributed by atoms with E-state index in [9.17, 15) is 25.3 Å². The second-order valence-corrected chi connectivity index (χ2v) is 13.3. The average molecular weight is 599 g/mol. The molecule has 0 N–H and O–H groups in total. The first kappa shape index (κ1) is 27.0. The first-order valence-electron chi connectivity index (χ1n) is 10.2. The molecule has 0 spiro atoms. The molecule has 0 aromatic heterocycles. The fourth-order valence-electron chi connectivity index (χ4n) is 3.04. The summed E-state index contributed by atoms with van der Waals surface area (Å²) < 4.78 is 85.7. The first-order chi connectivity index (χ1) is 17.4. The van der Waals surface area contributed by atoms with Crippen molar-refractivity contribution in [2.75, 3.05) is 0 Å². The molecule has 0 radical (unpaired) electrons. The highest BCUT2D eigenvalue weighted by atomic mass is 35.5. The van der Waals surface area contributed by atoms with E-state index < -0.39 is 30.1 Å². The average Bonchev–Trinajstić information content (AvgIpc) is 2.85. The second kappa shape index (κ2) is 10.3. The monoisotopic (exact) mass is 598 g/mol. The zero-order chi connectivity index (χ0) is 26.8. The minimum Gasteiger partial charge on any atom is -0.379 e. The zero-order valence-corrected chi connectivity index (χ0v) is 22.4. The van der Waals surface area contributed by atoms with E-state index in [0.29, 0.717) is 10.0 Å². The quantitative estimate of drug-likeness (QED) is 0.248. The SMILES string of the molecule is O=S(=O)(Oc1ccc(S(=O)(=O)c2ccc(OS(=O)(=O)c3ccc(Cl)cc3)cc2)cc1)c1ccc(Cl)cc1. The van der Waals surface area contributed by atoms with Gasteiger partial charge >= 0.3 is 20.2 Å². The summed E-state index contributed by atoms with van der Waals surface area (Å²) in [5, 5.41) is 0.715. The van der Waals surface area contributed by atoms with E-state index in [-0.39, 0.29) is 31.1 Å². The van der Waals surface area contributed by atoms with Gasteiger partial charge in [0, 0.05) is 10.0 Å². The zero-order valence-electron chi connectivity index (χ0n) is 18.5. The van der Waals surface area contributed by atoms with E-state index in [2.05, 4.69) is 0 Å². The molecule has 4 aromatic rings. The van der Waals surface area contributed by atoms with Crippen LogP contribution in [-0.2, 0) is 30.1 Å². The van der Waals surface area contributed by atoms with Crippen molar-refractivity contribution in [2.45, 2.75) is 19.6 Å². The molecule has 0 amide bonds. The molecule has 192 valence electrons. The highest BCUT2D eigenvalue weighted by molar-refractivity contribution is 7.91. The maximum Gasteiger partial charge on any atom is 0.339 e. The van der Waals surface area contributed by atoms with E-state index in [0.717, 1.165) is 0 Å². The van der Waals surface area contributed by atoms with Crippen LogP contribution in [0, 0.1) is 0 Å². The summed E-state index contributed by atoms with van der Waals surface area (Å²) in [5.41, 5.74) is 0. The summed E-state index contributed by atoms with van der Waals surface area (Å²) >= 11 is 11.5. The third-order valence-corrected chi connectivity index (χ3v) is 9.70. The molecule has 0 saturated carbocycles. The van der Waals surface area contributed by atoms with Crippen LogP contribution in [0.2, 0.25) is 10.0 Å². The van der Waals surface area contributed by atoms with Crippen LogP contribution in [0.25, 0.3) is 0 Å². The predicted molar refractivity (Wildman–Crippen MR) is 137 cm³/mol. The Bertz CT molecular complexity index is 1610. The van der Waals surface area contributed by atoms with Crippen LogP contribution in [0.4, 0.5) is 0 Å². The molecule has 0 aliphatic rings. The number of halogens is 2. The van der Waals surface area contributed by atoms with E-state index in [1.165, 1.54) is 97.1 Å². The van der Waals surface area contributed by atoms with Gasteiger partial charge in [-0.05, 0) is 97.1 Å². The molecule has 0 saturated heterocycles. The molecule has 13 heteroatoms. The van der Waals surface area contributed by atoms with E-state index in [4.69, 9.17) is 31.6 Å². The molecular formula is C24H16Cl2O8S3. The number of rotatable bonds is 8. The van der Waals surface area contributed by atoms with Gasteiger partial charge in [0.05, 0.1) is 9.79 Å². The normalized spacial score (nSPS) is 12.2. The summed E-state index contributed by atoms with van der Waals surface area (Å²) in [7, 11) is -12.3. The third-order valence-electron chi connectivity index (χ3n) is 4.88. The van der Waals surface area contributed by atoms with E-state index in [1.807, 2.05) is 0 Å². The lowest BCUT2D eigenvalue weighted by molar-refractivity contribution is 0.484. The first-order valence-corrected chi connectivity index (χ1v) is 15.3. The van der Waals surface area contributed by atoms with Crippen molar-refractivity contribution >= 4 is 53.3 Å². The van der Waals surface area contributed by atoms with Crippen molar-refractivity contribution in [3.8, 4) is 11.5 Å². The Morgan fingerprint density at radius 1 is 0.405 bits per heavy atom. The minimum absolute atomic E-state index is 0.0925. The third kappa shape index (κ3) is 6.25. The molecule has 0 aliphatic heterocycles. The Hall–Kier alpha value is -3.09. The van der Waals surface area contributed by atoms with Crippen LogP contribution >= 0.6 is 23.2 Å². The van der Waals surface area contributed by atoms with Gasteiger partial charge in [-0.2, -0.15) is 16.8 Å². The molecule has 0 atom stereocenters. The molecule has 0 fully saturated rings. The predicted octanol–water partition coefficient (Wildman–Crippen LogP) is 5.36. The summed E-state index contributed by atoms with van der Waals surface area (Å²) in [6.07, 6.45) is 0. The Kier molecular flexibility index (Phi) is 7.54. The van der Waals surface area contributed by atoms with Gasteiger partial charge in [-0.15, -0.1) is 0 Å².